The minimum Gasteiger partial charge on any atom is -0.481 e. The number of aliphatic hydroxyl groups excluding tert-OH is 1. The van der Waals surface area contributed by atoms with Crippen LogP contribution in [0.2, 0.25) is 0 Å². The van der Waals surface area contributed by atoms with Crippen molar-refractivity contribution in [2.24, 2.45) is 11.8 Å². The normalized spacial score (nSPS) is 40.8. The van der Waals surface area contributed by atoms with Gasteiger partial charge in [0, 0.05) is 5.92 Å². The quantitative estimate of drug-likeness (QED) is 0.537. The van der Waals surface area contributed by atoms with Gasteiger partial charge in [0.1, 0.15) is 0 Å². The minimum absolute atomic E-state index is 0.305. The van der Waals surface area contributed by atoms with Crippen molar-refractivity contribution in [3.05, 3.63) is 11.6 Å². The summed E-state index contributed by atoms with van der Waals surface area (Å²) in [5.74, 6) is -0.888. The summed E-state index contributed by atoms with van der Waals surface area (Å²) in [6.45, 7) is 0. The molecule has 0 aromatic heterocycles. The SMILES string of the molecule is O=C(O)C1C[C@@H](O)CC2C=C21. The highest BCUT2D eigenvalue weighted by Crippen LogP contribution is 2.45. The first-order chi connectivity index (χ1) is 5.18. The van der Waals surface area contributed by atoms with Crippen molar-refractivity contribution in [1.82, 2.24) is 0 Å². The minimum atomic E-state index is -0.794. The van der Waals surface area contributed by atoms with Crippen LogP contribution in [0.3, 0.4) is 0 Å². The highest BCUT2D eigenvalue weighted by atomic mass is 16.4. The number of aliphatic hydroxyl groups is 1. The molecular formula is C8H10O3. The van der Waals surface area contributed by atoms with Gasteiger partial charge in [-0.2, -0.15) is 0 Å². The van der Waals surface area contributed by atoms with Crippen LogP contribution in [0, 0.1) is 11.8 Å². The number of carboxylic acids is 1. The van der Waals surface area contributed by atoms with E-state index in [0.717, 1.165) is 12.0 Å². The molecule has 2 rings (SSSR count). The second-order valence-electron chi connectivity index (χ2n) is 3.29. The molecule has 3 heteroatoms. The Kier molecular flexibility index (Phi) is 1.29. The summed E-state index contributed by atoms with van der Waals surface area (Å²) in [7, 11) is 0. The topological polar surface area (TPSA) is 57.5 Å². The molecule has 3 nitrogen and oxygen atoms in total. The van der Waals surface area contributed by atoms with Crippen LogP contribution in [-0.4, -0.2) is 22.3 Å². The lowest BCUT2D eigenvalue weighted by atomic mass is 9.87. The summed E-state index contributed by atoms with van der Waals surface area (Å²) >= 11 is 0. The van der Waals surface area contributed by atoms with E-state index in [0.29, 0.717) is 12.3 Å². The van der Waals surface area contributed by atoms with Crippen LogP contribution in [0.25, 0.3) is 0 Å². The third-order valence-corrected chi connectivity index (χ3v) is 2.45. The number of rotatable bonds is 1. The van der Waals surface area contributed by atoms with E-state index in [9.17, 15) is 9.90 Å². The molecule has 2 aliphatic carbocycles. The molecule has 2 aliphatic rings. The zero-order chi connectivity index (χ0) is 8.01. The maximum atomic E-state index is 10.6. The van der Waals surface area contributed by atoms with Crippen molar-refractivity contribution >= 4 is 5.97 Å². The number of fused-ring (bicyclic) bond motifs is 1. The highest BCUT2D eigenvalue weighted by molar-refractivity contribution is 5.76. The van der Waals surface area contributed by atoms with Crippen molar-refractivity contribution in [2.45, 2.75) is 18.9 Å². The molecule has 0 aromatic carbocycles. The van der Waals surface area contributed by atoms with Gasteiger partial charge in [0.15, 0.2) is 0 Å². The van der Waals surface area contributed by atoms with Gasteiger partial charge in [-0.25, -0.2) is 0 Å². The maximum Gasteiger partial charge on any atom is 0.310 e. The maximum absolute atomic E-state index is 10.6. The molecule has 0 heterocycles. The lowest BCUT2D eigenvalue weighted by Crippen LogP contribution is -2.26. The van der Waals surface area contributed by atoms with Gasteiger partial charge in [-0.1, -0.05) is 11.6 Å². The first-order valence-electron chi connectivity index (χ1n) is 3.81. The highest BCUT2D eigenvalue weighted by Gasteiger charge is 2.42. The molecule has 3 atom stereocenters. The first kappa shape index (κ1) is 6.85. The van der Waals surface area contributed by atoms with Gasteiger partial charge in [-0.05, 0) is 12.8 Å². The molecule has 11 heavy (non-hydrogen) atoms. The van der Waals surface area contributed by atoms with E-state index in [-0.39, 0.29) is 0 Å². The zero-order valence-electron chi connectivity index (χ0n) is 6.03. The summed E-state index contributed by atoms with van der Waals surface area (Å²) < 4.78 is 0. The van der Waals surface area contributed by atoms with E-state index in [2.05, 4.69) is 0 Å². The second-order valence-corrected chi connectivity index (χ2v) is 3.29. The fourth-order valence-electron chi connectivity index (χ4n) is 1.80. The average molecular weight is 154 g/mol. The molecule has 2 N–H and O–H groups in total. The summed E-state index contributed by atoms with van der Waals surface area (Å²) in [6, 6.07) is 0. The lowest BCUT2D eigenvalue weighted by Gasteiger charge is -2.21. The van der Waals surface area contributed by atoms with Crippen molar-refractivity contribution < 1.29 is 15.0 Å². The van der Waals surface area contributed by atoms with Crippen molar-refractivity contribution in [3.63, 3.8) is 0 Å². The van der Waals surface area contributed by atoms with Crippen LogP contribution in [0.1, 0.15) is 12.8 Å². The Hall–Kier alpha value is -0.830. The van der Waals surface area contributed by atoms with Gasteiger partial charge in [0.25, 0.3) is 0 Å². The van der Waals surface area contributed by atoms with Gasteiger partial charge in [0.2, 0.25) is 0 Å². The van der Waals surface area contributed by atoms with E-state index in [1.165, 1.54) is 0 Å². The van der Waals surface area contributed by atoms with Crippen LogP contribution >= 0.6 is 0 Å². The molecule has 0 amide bonds. The van der Waals surface area contributed by atoms with Crippen LogP contribution in [0.4, 0.5) is 0 Å². The fourth-order valence-corrected chi connectivity index (χ4v) is 1.80. The van der Waals surface area contributed by atoms with Crippen LogP contribution < -0.4 is 0 Å². The van der Waals surface area contributed by atoms with E-state index < -0.39 is 18.0 Å². The zero-order valence-corrected chi connectivity index (χ0v) is 6.03. The number of allylic oxidation sites excluding steroid dienone is 1. The van der Waals surface area contributed by atoms with Gasteiger partial charge in [0.05, 0.1) is 12.0 Å². The molecule has 0 radical (unpaired) electrons. The molecule has 0 bridgehead atoms. The predicted molar refractivity (Wildman–Crippen MR) is 37.9 cm³/mol. The Labute approximate surface area is 64.3 Å². The molecule has 0 spiro atoms. The van der Waals surface area contributed by atoms with E-state index in [1.807, 2.05) is 6.08 Å². The number of hydrogen-bond donors (Lipinski definition) is 2. The number of carboxylic acid groups (broad SMARTS) is 1. The monoisotopic (exact) mass is 154 g/mol. The smallest absolute Gasteiger partial charge is 0.310 e. The van der Waals surface area contributed by atoms with Crippen LogP contribution in [0.5, 0.6) is 0 Å². The lowest BCUT2D eigenvalue weighted by molar-refractivity contribution is -0.141. The van der Waals surface area contributed by atoms with Gasteiger partial charge < -0.3 is 10.2 Å². The van der Waals surface area contributed by atoms with E-state index in [1.54, 1.807) is 0 Å². The Morgan fingerprint density at radius 1 is 1.55 bits per heavy atom. The molecule has 1 fully saturated rings. The Morgan fingerprint density at radius 3 is 2.91 bits per heavy atom. The molecule has 60 valence electrons. The van der Waals surface area contributed by atoms with Gasteiger partial charge in [-0.3, -0.25) is 4.79 Å². The molecule has 0 aromatic rings. The average Bonchev–Trinajstić information content (AvgIpc) is 2.63. The summed E-state index contributed by atoms with van der Waals surface area (Å²) in [5.41, 5.74) is 1.03. The third-order valence-electron chi connectivity index (χ3n) is 2.45. The fraction of sp³-hybridized carbons (Fsp3) is 0.625. The number of aliphatic carboxylic acids is 1. The predicted octanol–water partition coefficient (Wildman–Crippen LogP) is 0.398. The largest absolute Gasteiger partial charge is 0.481 e. The Balaban J connectivity index is 2.09. The molecule has 0 saturated heterocycles. The number of carbonyl (C=O) groups is 1. The molecule has 2 unspecified atom stereocenters. The van der Waals surface area contributed by atoms with Crippen LogP contribution in [0.15, 0.2) is 11.6 Å². The Morgan fingerprint density at radius 2 is 2.27 bits per heavy atom. The van der Waals surface area contributed by atoms with Crippen molar-refractivity contribution in [1.29, 1.82) is 0 Å². The van der Waals surface area contributed by atoms with Gasteiger partial charge >= 0.3 is 5.97 Å². The number of hydrogen-bond acceptors (Lipinski definition) is 2. The summed E-state index contributed by atoms with van der Waals surface area (Å²) in [4.78, 5) is 10.6. The molecular weight excluding hydrogens is 144 g/mol. The summed E-state index contributed by atoms with van der Waals surface area (Å²) in [5, 5.41) is 17.9. The second kappa shape index (κ2) is 2.08. The third kappa shape index (κ3) is 1.05. The van der Waals surface area contributed by atoms with E-state index >= 15 is 0 Å². The van der Waals surface area contributed by atoms with Crippen LogP contribution in [-0.2, 0) is 4.79 Å². The van der Waals surface area contributed by atoms with Gasteiger partial charge in [-0.15, -0.1) is 0 Å². The van der Waals surface area contributed by atoms with Crippen molar-refractivity contribution in [3.8, 4) is 0 Å². The molecule has 1 saturated carbocycles. The standard InChI is InChI=1S/C8H10O3/c9-5-1-4-2-6(4)7(3-5)8(10)11/h2,4-5,7,9H,1,3H2,(H,10,11)/t4?,5-,7?/m0/s1. The van der Waals surface area contributed by atoms with E-state index in [4.69, 9.17) is 5.11 Å². The molecule has 0 aliphatic heterocycles. The summed E-state index contributed by atoms with van der Waals surface area (Å²) in [6.07, 6.45) is 2.68. The first-order valence-corrected chi connectivity index (χ1v) is 3.81. The Bertz CT molecular complexity index is 231. The van der Waals surface area contributed by atoms with Crippen molar-refractivity contribution in [2.75, 3.05) is 0 Å².